The zero-order chi connectivity index (χ0) is 17.9. The highest BCUT2D eigenvalue weighted by Gasteiger charge is 2.13. The molecule has 1 saturated heterocycles. The Morgan fingerprint density at radius 3 is 2.68 bits per heavy atom. The molecule has 1 aliphatic heterocycles. The van der Waals surface area contributed by atoms with Gasteiger partial charge in [0.25, 0.3) is 0 Å². The Balaban J connectivity index is 1.53. The van der Waals surface area contributed by atoms with Crippen LogP contribution >= 0.6 is 0 Å². The fourth-order valence-electron chi connectivity index (χ4n) is 2.59. The van der Waals surface area contributed by atoms with Gasteiger partial charge in [0.1, 0.15) is 0 Å². The molecule has 6 heteroatoms. The lowest BCUT2D eigenvalue weighted by Crippen LogP contribution is -2.24. The quantitative estimate of drug-likeness (QED) is 0.477. The zero-order valence-corrected chi connectivity index (χ0v) is 15.1. The molecule has 0 saturated carbocycles. The molecule has 0 N–H and O–H groups in total. The molecule has 6 nitrogen and oxygen atoms in total. The minimum Gasteiger partial charge on any atom is -0.465 e. The Labute approximate surface area is 149 Å². The number of aryl methyl sites for hydroxylation is 1. The molecule has 0 spiro atoms. The molecule has 1 heterocycles. The Morgan fingerprint density at radius 2 is 1.96 bits per heavy atom. The van der Waals surface area contributed by atoms with Crippen molar-refractivity contribution >= 4 is 5.97 Å². The van der Waals surface area contributed by atoms with Crippen molar-refractivity contribution in [2.75, 3.05) is 40.1 Å². The predicted molar refractivity (Wildman–Crippen MR) is 92.5 cm³/mol. The van der Waals surface area contributed by atoms with Gasteiger partial charge in [-0.15, -0.1) is 0 Å². The van der Waals surface area contributed by atoms with E-state index < -0.39 is 0 Å². The second-order valence-electron chi connectivity index (χ2n) is 5.96. The van der Waals surface area contributed by atoms with Gasteiger partial charge in [-0.2, -0.15) is 0 Å². The molecule has 140 valence electrons. The van der Waals surface area contributed by atoms with E-state index >= 15 is 0 Å². The first-order valence-electron chi connectivity index (χ1n) is 8.77. The van der Waals surface area contributed by atoms with Crippen molar-refractivity contribution in [3.63, 3.8) is 0 Å². The molecule has 1 aromatic rings. The zero-order valence-electron chi connectivity index (χ0n) is 15.1. The third-order valence-corrected chi connectivity index (χ3v) is 4.06. The van der Waals surface area contributed by atoms with Crippen LogP contribution in [0.4, 0.5) is 0 Å². The van der Waals surface area contributed by atoms with Gasteiger partial charge in [-0.3, -0.25) is 0 Å². The standard InChI is InChI=1S/C19H28O6/c1-15-13-16(19(20)21-2)6-7-17(15)14-23-10-9-22-11-12-25-18-5-3-4-8-24-18/h6-7,13,18H,3-5,8-12,14H2,1-2H3. The molecular formula is C19H28O6. The monoisotopic (exact) mass is 352 g/mol. The number of esters is 1. The van der Waals surface area contributed by atoms with Crippen LogP contribution in [0.25, 0.3) is 0 Å². The summed E-state index contributed by atoms with van der Waals surface area (Å²) in [7, 11) is 1.38. The summed E-state index contributed by atoms with van der Waals surface area (Å²) in [6.45, 7) is 5.34. The van der Waals surface area contributed by atoms with E-state index in [0.717, 1.165) is 30.6 Å². The summed E-state index contributed by atoms with van der Waals surface area (Å²) in [6, 6.07) is 5.45. The third-order valence-electron chi connectivity index (χ3n) is 4.06. The van der Waals surface area contributed by atoms with Crippen molar-refractivity contribution in [1.82, 2.24) is 0 Å². The van der Waals surface area contributed by atoms with Crippen molar-refractivity contribution in [2.24, 2.45) is 0 Å². The molecule has 0 aliphatic carbocycles. The highest BCUT2D eigenvalue weighted by molar-refractivity contribution is 5.89. The molecule has 1 atom stereocenters. The molecule has 1 aliphatic rings. The van der Waals surface area contributed by atoms with Gasteiger partial charge in [-0.05, 0) is 49.4 Å². The lowest BCUT2D eigenvalue weighted by molar-refractivity contribution is -0.169. The summed E-state index contributed by atoms with van der Waals surface area (Å²) in [4.78, 5) is 11.5. The maximum Gasteiger partial charge on any atom is 0.337 e. The lowest BCUT2D eigenvalue weighted by atomic mass is 10.1. The minimum atomic E-state index is -0.329. The third kappa shape index (κ3) is 7.12. The van der Waals surface area contributed by atoms with Crippen LogP contribution in [-0.2, 0) is 30.3 Å². The van der Waals surface area contributed by atoms with Crippen molar-refractivity contribution in [1.29, 1.82) is 0 Å². The van der Waals surface area contributed by atoms with E-state index in [0.29, 0.717) is 38.6 Å². The van der Waals surface area contributed by atoms with Crippen LogP contribution < -0.4 is 0 Å². The molecular weight excluding hydrogens is 324 g/mol. The molecule has 0 amide bonds. The van der Waals surface area contributed by atoms with Gasteiger partial charge < -0.3 is 23.7 Å². The topological polar surface area (TPSA) is 63.2 Å². The first-order chi connectivity index (χ1) is 12.2. The number of hydrogen-bond donors (Lipinski definition) is 0. The summed E-state index contributed by atoms with van der Waals surface area (Å²) < 4.78 is 26.9. The average molecular weight is 352 g/mol. The smallest absolute Gasteiger partial charge is 0.337 e. The van der Waals surface area contributed by atoms with Gasteiger partial charge >= 0.3 is 5.97 Å². The van der Waals surface area contributed by atoms with Crippen LogP contribution in [0.5, 0.6) is 0 Å². The second kappa shape index (κ2) is 11.2. The highest BCUT2D eigenvalue weighted by atomic mass is 16.7. The van der Waals surface area contributed by atoms with E-state index in [1.165, 1.54) is 13.5 Å². The van der Waals surface area contributed by atoms with Crippen molar-refractivity contribution < 1.29 is 28.5 Å². The van der Waals surface area contributed by atoms with Crippen LogP contribution in [0.1, 0.15) is 40.7 Å². The van der Waals surface area contributed by atoms with E-state index in [-0.39, 0.29) is 12.3 Å². The fourth-order valence-corrected chi connectivity index (χ4v) is 2.59. The van der Waals surface area contributed by atoms with Gasteiger partial charge in [0.2, 0.25) is 0 Å². The van der Waals surface area contributed by atoms with Gasteiger partial charge in [0, 0.05) is 6.61 Å². The van der Waals surface area contributed by atoms with Gasteiger partial charge in [-0.25, -0.2) is 4.79 Å². The Hall–Kier alpha value is -1.47. The molecule has 2 rings (SSSR count). The van der Waals surface area contributed by atoms with Crippen LogP contribution in [-0.4, -0.2) is 52.4 Å². The highest BCUT2D eigenvalue weighted by Crippen LogP contribution is 2.14. The fraction of sp³-hybridized carbons (Fsp3) is 0.632. The van der Waals surface area contributed by atoms with Crippen molar-refractivity contribution in [2.45, 2.75) is 39.1 Å². The number of rotatable bonds is 10. The summed E-state index contributed by atoms with van der Waals surface area (Å²) in [5.74, 6) is -0.329. The maximum atomic E-state index is 11.5. The molecule has 1 fully saturated rings. The van der Waals surface area contributed by atoms with E-state index in [2.05, 4.69) is 0 Å². The SMILES string of the molecule is COC(=O)c1ccc(COCCOCCOC2CCCCO2)c(C)c1. The van der Waals surface area contributed by atoms with Crippen molar-refractivity contribution in [3.05, 3.63) is 34.9 Å². The number of ether oxygens (including phenoxy) is 5. The van der Waals surface area contributed by atoms with Gasteiger partial charge in [0.05, 0.1) is 45.7 Å². The largest absolute Gasteiger partial charge is 0.465 e. The lowest BCUT2D eigenvalue weighted by Gasteiger charge is -2.22. The molecule has 0 radical (unpaired) electrons. The Morgan fingerprint density at radius 1 is 1.16 bits per heavy atom. The van der Waals surface area contributed by atoms with Gasteiger partial charge in [0.15, 0.2) is 6.29 Å². The molecule has 1 aromatic carbocycles. The first-order valence-corrected chi connectivity index (χ1v) is 8.77. The number of carbonyl (C=O) groups excluding carboxylic acids is 1. The second-order valence-corrected chi connectivity index (χ2v) is 5.96. The first kappa shape index (κ1) is 19.8. The normalized spacial score (nSPS) is 17.4. The van der Waals surface area contributed by atoms with E-state index in [4.69, 9.17) is 23.7 Å². The maximum absolute atomic E-state index is 11.5. The molecule has 0 aromatic heterocycles. The number of hydrogen-bond acceptors (Lipinski definition) is 6. The number of benzene rings is 1. The number of methoxy groups -OCH3 is 1. The Bertz CT molecular complexity index is 525. The van der Waals surface area contributed by atoms with E-state index in [9.17, 15) is 4.79 Å². The van der Waals surface area contributed by atoms with Crippen molar-refractivity contribution in [3.8, 4) is 0 Å². The summed E-state index contributed by atoms with van der Waals surface area (Å²) in [5.41, 5.74) is 2.60. The predicted octanol–water partition coefficient (Wildman–Crippen LogP) is 2.86. The minimum absolute atomic E-state index is 0.0652. The van der Waals surface area contributed by atoms with Crippen LogP contribution in [0.2, 0.25) is 0 Å². The molecule has 25 heavy (non-hydrogen) atoms. The van der Waals surface area contributed by atoms with Gasteiger partial charge in [-0.1, -0.05) is 6.07 Å². The Kier molecular flexibility index (Phi) is 8.90. The van der Waals surface area contributed by atoms with E-state index in [1.807, 2.05) is 19.1 Å². The average Bonchev–Trinajstić information content (AvgIpc) is 2.65. The van der Waals surface area contributed by atoms with E-state index in [1.54, 1.807) is 6.07 Å². The summed E-state index contributed by atoms with van der Waals surface area (Å²) in [6.07, 6.45) is 3.19. The molecule has 0 bridgehead atoms. The number of carbonyl (C=O) groups is 1. The summed E-state index contributed by atoms with van der Waals surface area (Å²) >= 11 is 0. The summed E-state index contributed by atoms with van der Waals surface area (Å²) in [5, 5.41) is 0. The molecule has 1 unspecified atom stereocenters. The van der Waals surface area contributed by atoms with Crippen LogP contribution in [0.3, 0.4) is 0 Å². The van der Waals surface area contributed by atoms with Crippen LogP contribution in [0.15, 0.2) is 18.2 Å². The van der Waals surface area contributed by atoms with Crippen LogP contribution in [0, 0.1) is 6.92 Å².